The summed E-state index contributed by atoms with van der Waals surface area (Å²) in [6.45, 7) is 16.3. The van der Waals surface area contributed by atoms with Gasteiger partial charge in [-0.25, -0.2) is 0 Å². The highest BCUT2D eigenvalue weighted by Crippen LogP contribution is 2.40. The highest BCUT2D eigenvalue weighted by molar-refractivity contribution is 5.83. The Morgan fingerprint density at radius 3 is 2.04 bits per heavy atom. The zero-order valence-corrected chi connectivity index (χ0v) is 32.9. The van der Waals surface area contributed by atoms with Gasteiger partial charge in [-0.15, -0.1) is 0 Å². The molecule has 3 aliphatic rings. The predicted molar refractivity (Wildman–Crippen MR) is 186 cm³/mol. The van der Waals surface area contributed by atoms with Crippen molar-refractivity contribution in [1.82, 2.24) is 4.90 Å². The number of rotatable bonds is 7. The number of ketones is 1. The first kappa shape index (κ1) is 44.1. The molecular weight excluding hydrogens is 666 g/mol. The Kier molecular flexibility index (Phi) is 14.7. The number of aliphatic hydroxyl groups excluding tert-OH is 3. The Hall–Kier alpha value is -1.30. The summed E-state index contributed by atoms with van der Waals surface area (Å²) in [6.07, 6.45) is -9.71. The van der Waals surface area contributed by atoms with Crippen LogP contribution in [0.25, 0.3) is 0 Å². The molecule has 0 unspecified atom stereocenters. The monoisotopic (exact) mass is 733 g/mol. The second kappa shape index (κ2) is 17.0. The Morgan fingerprint density at radius 1 is 0.882 bits per heavy atom. The molecule has 0 aromatic rings. The predicted octanol–water partition coefficient (Wildman–Crippen LogP) is 1.79. The van der Waals surface area contributed by atoms with Crippen molar-refractivity contribution < 1.29 is 63.5 Å². The smallest absolute Gasteiger partial charge is 0.311 e. The van der Waals surface area contributed by atoms with Gasteiger partial charge in [0.25, 0.3) is 0 Å². The first-order valence-electron chi connectivity index (χ1n) is 18.5. The third kappa shape index (κ3) is 9.51. The quantitative estimate of drug-likeness (QED) is 0.238. The molecule has 0 aromatic heterocycles. The fraction of sp³-hybridized carbons (Fsp3) is 0.946. The van der Waals surface area contributed by atoms with Gasteiger partial charge >= 0.3 is 5.97 Å². The van der Waals surface area contributed by atoms with E-state index in [4.69, 9.17) is 28.4 Å². The summed E-state index contributed by atoms with van der Waals surface area (Å²) in [7, 11) is 5.18. The number of esters is 1. The van der Waals surface area contributed by atoms with Crippen molar-refractivity contribution in [2.24, 2.45) is 23.7 Å². The van der Waals surface area contributed by atoms with Crippen molar-refractivity contribution in [1.29, 1.82) is 0 Å². The van der Waals surface area contributed by atoms with Crippen LogP contribution in [0.5, 0.6) is 0 Å². The van der Waals surface area contributed by atoms with Crippen LogP contribution >= 0.6 is 0 Å². The Labute approximate surface area is 304 Å². The maximum atomic E-state index is 14.1. The van der Waals surface area contributed by atoms with E-state index in [1.807, 2.05) is 25.9 Å². The van der Waals surface area contributed by atoms with Crippen molar-refractivity contribution in [2.75, 3.05) is 21.2 Å². The van der Waals surface area contributed by atoms with Crippen molar-refractivity contribution >= 4 is 11.8 Å². The molecule has 0 spiro atoms. The van der Waals surface area contributed by atoms with E-state index < -0.39 is 108 Å². The maximum Gasteiger partial charge on any atom is 0.311 e. The third-order valence-corrected chi connectivity index (χ3v) is 11.8. The molecule has 3 heterocycles. The van der Waals surface area contributed by atoms with E-state index in [1.54, 1.807) is 41.5 Å². The topological polar surface area (TPSA) is 194 Å². The number of nitrogens with zero attached hydrogens (tertiary/aromatic N) is 1. The van der Waals surface area contributed by atoms with E-state index in [-0.39, 0.29) is 31.4 Å². The number of carbonyl (C=O) groups excluding carboxylic acids is 2. The minimum absolute atomic E-state index is 0.0936. The fourth-order valence-electron chi connectivity index (χ4n) is 8.41. The van der Waals surface area contributed by atoms with E-state index in [0.717, 1.165) is 0 Å². The average Bonchev–Trinajstić information content (AvgIpc) is 3.05. The molecule has 0 aliphatic carbocycles. The summed E-state index contributed by atoms with van der Waals surface area (Å²) in [5.74, 6) is -4.98. The molecular formula is C37H67NO13. The molecule has 0 radical (unpaired) electrons. The van der Waals surface area contributed by atoms with Crippen LogP contribution in [-0.4, -0.2) is 148 Å². The van der Waals surface area contributed by atoms with Crippen molar-refractivity contribution in [3.05, 3.63) is 0 Å². The summed E-state index contributed by atoms with van der Waals surface area (Å²) in [4.78, 5) is 29.8. The number of methoxy groups -OCH3 is 1. The maximum absolute atomic E-state index is 14.1. The SMILES string of the molecule is CC[C@@H]1OC(=O)[C@@H](C)[C@H](O[C@@H]2C[C@](C)(OC)[C@H](O)[C@@H](C)O2)[C@@H](C)[C@H](O[C@H]2O[C@@H](C)C[C@@H](N(C)C)[C@@H]2O)[C@@](C)(O)C[C@H](C)C(=O)[C@@H](C)[C@H](O)[C@@]1(C)O. The van der Waals surface area contributed by atoms with Crippen LogP contribution in [0.2, 0.25) is 0 Å². The molecule has 0 aromatic carbocycles. The van der Waals surface area contributed by atoms with Gasteiger partial charge < -0.3 is 58.9 Å². The van der Waals surface area contributed by atoms with E-state index >= 15 is 0 Å². The Bertz CT molecular complexity index is 1170. The number of carbonyl (C=O) groups is 2. The zero-order chi connectivity index (χ0) is 39.0. The Balaban J connectivity index is 2.18. The van der Waals surface area contributed by atoms with E-state index in [1.165, 1.54) is 27.9 Å². The van der Waals surface area contributed by atoms with Crippen LogP contribution in [-0.2, 0) is 38.0 Å². The van der Waals surface area contributed by atoms with Gasteiger partial charge in [0.15, 0.2) is 12.6 Å². The van der Waals surface area contributed by atoms with Crippen molar-refractivity contribution in [2.45, 2.75) is 179 Å². The Morgan fingerprint density at radius 2 is 1.49 bits per heavy atom. The number of Topliss-reactive ketones (excluding diaryl/α,β-unsaturated/α-hetero) is 1. The molecule has 14 heteroatoms. The van der Waals surface area contributed by atoms with Crippen LogP contribution in [0.15, 0.2) is 0 Å². The van der Waals surface area contributed by atoms with E-state index in [2.05, 4.69) is 0 Å². The second-order valence-corrected chi connectivity index (χ2v) is 16.5. The zero-order valence-electron chi connectivity index (χ0n) is 32.9. The van der Waals surface area contributed by atoms with Gasteiger partial charge in [-0.3, -0.25) is 9.59 Å². The second-order valence-electron chi connectivity index (χ2n) is 16.5. The largest absolute Gasteiger partial charge is 0.459 e. The normalized spacial score (nSPS) is 49.7. The average molecular weight is 734 g/mol. The number of ether oxygens (including phenoxy) is 6. The standard InChI is InChI=1S/C37H67NO13/c1-14-25-37(10,45)30(41)20(4)27(39)18(2)16-35(8,44)32(51-34-28(40)24(38(11)12)15-19(3)47-34)21(5)29(22(6)33(43)49-25)50-26-17-36(9,46-13)31(42)23(7)48-26/h18-26,28-32,34,40-42,44-45H,14-17H2,1-13H3/t18-,19-,20+,21+,22-,23+,24+,25-,26+,28-,29+,30-,31+,32-,34+,35-,36-,37-/m0/s1. The highest BCUT2D eigenvalue weighted by atomic mass is 16.7. The molecule has 3 saturated heterocycles. The van der Waals surface area contributed by atoms with Gasteiger partial charge in [0, 0.05) is 37.3 Å². The first-order valence-corrected chi connectivity index (χ1v) is 18.5. The molecule has 18 atom stereocenters. The summed E-state index contributed by atoms with van der Waals surface area (Å²) in [6, 6.07) is -0.324. The van der Waals surface area contributed by atoms with Gasteiger partial charge in [-0.1, -0.05) is 27.7 Å². The van der Waals surface area contributed by atoms with Gasteiger partial charge in [-0.2, -0.15) is 0 Å². The molecule has 3 aliphatic heterocycles. The van der Waals surface area contributed by atoms with Gasteiger partial charge in [0.1, 0.15) is 29.7 Å². The summed E-state index contributed by atoms with van der Waals surface area (Å²) >= 11 is 0. The lowest BCUT2D eigenvalue weighted by molar-refractivity contribution is -0.318. The van der Waals surface area contributed by atoms with Crippen molar-refractivity contribution in [3.63, 3.8) is 0 Å². The van der Waals surface area contributed by atoms with Crippen LogP contribution in [0.1, 0.15) is 94.9 Å². The van der Waals surface area contributed by atoms with Gasteiger partial charge in [-0.05, 0) is 74.9 Å². The summed E-state index contributed by atoms with van der Waals surface area (Å²) < 4.78 is 37.1. The van der Waals surface area contributed by atoms with Crippen LogP contribution in [0, 0.1) is 23.7 Å². The molecule has 0 amide bonds. The number of cyclic esters (lactones) is 1. The molecule has 298 valence electrons. The van der Waals surface area contributed by atoms with Crippen LogP contribution in [0.4, 0.5) is 0 Å². The van der Waals surface area contributed by atoms with Crippen LogP contribution in [0.3, 0.4) is 0 Å². The lowest BCUT2D eigenvalue weighted by Gasteiger charge is -2.49. The molecule has 3 rings (SSSR count). The minimum atomic E-state index is -1.99. The minimum Gasteiger partial charge on any atom is -0.459 e. The lowest BCUT2D eigenvalue weighted by Crippen LogP contribution is -2.61. The number of hydrogen-bond acceptors (Lipinski definition) is 14. The van der Waals surface area contributed by atoms with Crippen LogP contribution < -0.4 is 0 Å². The lowest BCUT2D eigenvalue weighted by atomic mass is 9.74. The first-order chi connectivity index (χ1) is 23.4. The molecule has 0 bridgehead atoms. The molecule has 51 heavy (non-hydrogen) atoms. The third-order valence-electron chi connectivity index (χ3n) is 11.8. The van der Waals surface area contributed by atoms with Crippen molar-refractivity contribution in [3.8, 4) is 0 Å². The van der Waals surface area contributed by atoms with Gasteiger partial charge in [0.2, 0.25) is 0 Å². The van der Waals surface area contributed by atoms with E-state index in [9.17, 15) is 35.1 Å². The molecule has 0 saturated carbocycles. The molecule has 3 fully saturated rings. The summed E-state index contributed by atoms with van der Waals surface area (Å²) in [5.41, 5.74) is -4.84. The number of hydrogen-bond donors (Lipinski definition) is 5. The van der Waals surface area contributed by atoms with Gasteiger partial charge in [0.05, 0.1) is 47.6 Å². The highest BCUT2D eigenvalue weighted by Gasteiger charge is 2.53. The van der Waals surface area contributed by atoms with E-state index in [0.29, 0.717) is 6.42 Å². The number of aliphatic hydroxyl groups is 5. The fourth-order valence-corrected chi connectivity index (χ4v) is 8.41. The number of likely N-dealkylation sites (N-methyl/N-ethyl adjacent to an activating group) is 1. The summed E-state index contributed by atoms with van der Waals surface area (Å²) in [5, 5.41) is 57.6. The molecule has 5 N–H and O–H groups in total. The molecule has 14 nitrogen and oxygen atoms in total.